The van der Waals surface area contributed by atoms with Crippen LogP contribution in [0.3, 0.4) is 0 Å². The minimum absolute atomic E-state index is 0.0950. The van der Waals surface area contributed by atoms with Gasteiger partial charge in [-0.15, -0.1) is 0 Å². The number of aromatic nitrogens is 3. The van der Waals surface area contributed by atoms with Gasteiger partial charge in [-0.2, -0.15) is 0 Å². The third-order valence-corrected chi connectivity index (χ3v) is 5.70. The third kappa shape index (κ3) is 4.20. The molecule has 0 spiro atoms. The van der Waals surface area contributed by atoms with E-state index >= 15 is 0 Å². The van der Waals surface area contributed by atoms with Gasteiger partial charge in [0.25, 0.3) is 5.56 Å². The van der Waals surface area contributed by atoms with E-state index in [1.807, 2.05) is 38.4 Å². The van der Waals surface area contributed by atoms with Crippen LogP contribution in [-0.2, 0) is 17.3 Å². The van der Waals surface area contributed by atoms with Crippen LogP contribution in [0.5, 0.6) is 0 Å². The molecule has 4 rings (SSSR count). The predicted molar refractivity (Wildman–Crippen MR) is 125 cm³/mol. The number of morpholine rings is 1. The van der Waals surface area contributed by atoms with E-state index in [1.165, 1.54) is 0 Å². The van der Waals surface area contributed by atoms with Crippen molar-refractivity contribution in [2.75, 3.05) is 29.0 Å². The number of fused-ring (bicyclic) bond motifs is 1. The van der Waals surface area contributed by atoms with E-state index in [-0.39, 0.29) is 17.8 Å². The zero-order chi connectivity index (χ0) is 22.3. The maximum absolute atomic E-state index is 12.5. The number of anilines is 3. The third-order valence-electron chi connectivity index (χ3n) is 5.70. The highest BCUT2D eigenvalue weighted by Crippen LogP contribution is 2.30. The summed E-state index contributed by atoms with van der Waals surface area (Å²) in [5.41, 5.74) is 8.45. The fraction of sp³-hybridized carbons (Fsp3) is 0.435. The van der Waals surface area contributed by atoms with Crippen molar-refractivity contribution < 1.29 is 4.74 Å². The van der Waals surface area contributed by atoms with Crippen LogP contribution in [0.1, 0.15) is 33.5 Å². The van der Waals surface area contributed by atoms with Crippen molar-refractivity contribution in [3.05, 3.63) is 52.8 Å². The van der Waals surface area contributed by atoms with Crippen LogP contribution in [0, 0.1) is 0 Å². The summed E-state index contributed by atoms with van der Waals surface area (Å²) in [5.74, 6) is 0.642. The number of ether oxygens (including phenoxy) is 1. The van der Waals surface area contributed by atoms with Crippen molar-refractivity contribution in [3.63, 3.8) is 0 Å². The van der Waals surface area contributed by atoms with Crippen LogP contribution in [-0.4, -0.2) is 39.8 Å². The van der Waals surface area contributed by atoms with Crippen LogP contribution >= 0.6 is 0 Å². The van der Waals surface area contributed by atoms with Crippen LogP contribution < -0.4 is 21.5 Å². The molecule has 0 amide bonds. The lowest BCUT2D eigenvalue weighted by atomic mass is 10.0. The van der Waals surface area contributed by atoms with Gasteiger partial charge in [-0.1, -0.05) is 0 Å². The SMILES string of the molecule is C[C@@H]1CN(c2cnc(C(C)(C)Nc3cc(=O)n(C)c4ccc(N)cc34)nc2)C[C@H](C)O1. The number of aryl methyl sites for hydroxylation is 1. The summed E-state index contributed by atoms with van der Waals surface area (Å²) in [6, 6.07) is 7.12. The highest BCUT2D eigenvalue weighted by atomic mass is 16.5. The predicted octanol–water partition coefficient (Wildman–Crippen LogP) is 2.87. The van der Waals surface area contributed by atoms with Gasteiger partial charge >= 0.3 is 0 Å². The molecule has 8 heteroatoms. The first-order valence-corrected chi connectivity index (χ1v) is 10.5. The van der Waals surface area contributed by atoms with E-state index in [2.05, 4.69) is 34.0 Å². The zero-order valence-corrected chi connectivity index (χ0v) is 18.7. The molecule has 0 radical (unpaired) electrons. The molecule has 1 aromatic carbocycles. The Morgan fingerprint density at radius 2 is 1.77 bits per heavy atom. The monoisotopic (exact) mass is 422 g/mol. The maximum Gasteiger partial charge on any atom is 0.252 e. The summed E-state index contributed by atoms with van der Waals surface area (Å²) in [6.07, 6.45) is 4.05. The number of pyridine rings is 1. The van der Waals surface area contributed by atoms with E-state index in [0.29, 0.717) is 17.2 Å². The van der Waals surface area contributed by atoms with Crippen LogP contribution in [0.15, 0.2) is 41.5 Å². The molecular formula is C23H30N6O2. The average molecular weight is 423 g/mol. The Balaban J connectivity index is 1.63. The number of benzene rings is 1. The minimum atomic E-state index is -0.603. The summed E-state index contributed by atoms with van der Waals surface area (Å²) in [5, 5.41) is 4.34. The maximum atomic E-state index is 12.5. The summed E-state index contributed by atoms with van der Waals surface area (Å²) >= 11 is 0. The molecule has 8 nitrogen and oxygen atoms in total. The summed E-state index contributed by atoms with van der Waals surface area (Å²) < 4.78 is 7.43. The number of nitrogens with one attached hydrogen (secondary N) is 1. The van der Waals surface area contributed by atoms with Crippen molar-refractivity contribution in [2.24, 2.45) is 7.05 Å². The molecule has 1 aliphatic rings. The normalized spacial score (nSPS) is 19.6. The number of rotatable bonds is 4. The Kier molecular flexibility index (Phi) is 5.35. The molecular weight excluding hydrogens is 392 g/mol. The summed E-state index contributed by atoms with van der Waals surface area (Å²) in [6.45, 7) is 9.77. The fourth-order valence-corrected chi connectivity index (χ4v) is 4.17. The standard InChI is InChI=1S/C23H30N6O2/c1-14-12-29(13-15(2)31-14)17-10-25-22(26-11-17)23(3,4)27-19-9-21(30)28(5)20-7-6-16(24)8-18(19)20/h6-11,14-15,27H,12-13,24H2,1-5H3/t14-,15+. The number of hydrogen-bond donors (Lipinski definition) is 2. The molecule has 0 aliphatic carbocycles. The van der Waals surface area contributed by atoms with Crippen molar-refractivity contribution in [1.82, 2.24) is 14.5 Å². The summed E-state index contributed by atoms with van der Waals surface area (Å²) in [7, 11) is 1.75. The second kappa shape index (κ2) is 7.85. The van der Waals surface area contributed by atoms with Crippen molar-refractivity contribution >= 4 is 28.0 Å². The molecule has 3 aromatic rings. The Bertz CT molecular complexity index is 1150. The van der Waals surface area contributed by atoms with Gasteiger partial charge in [-0.3, -0.25) is 4.79 Å². The molecule has 0 bridgehead atoms. The van der Waals surface area contributed by atoms with E-state index in [4.69, 9.17) is 10.5 Å². The molecule has 3 heterocycles. The van der Waals surface area contributed by atoms with Gasteiger partial charge in [0.1, 0.15) is 0 Å². The highest BCUT2D eigenvalue weighted by Gasteiger charge is 2.27. The van der Waals surface area contributed by atoms with Gasteiger partial charge < -0.3 is 25.3 Å². The van der Waals surface area contributed by atoms with Crippen molar-refractivity contribution in [1.29, 1.82) is 0 Å². The average Bonchev–Trinajstić information content (AvgIpc) is 2.71. The molecule has 1 aliphatic heterocycles. The molecule has 31 heavy (non-hydrogen) atoms. The summed E-state index contributed by atoms with van der Waals surface area (Å²) in [4.78, 5) is 24.0. The quantitative estimate of drug-likeness (QED) is 0.624. The van der Waals surface area contributed by atoms with Crippen molar-refractivity contribution in [2.45, 2.75) is 45.4 Å². The van der Waals surface area contributed by atoms with E-state index < -0.39 is 5.54 Å². The second-order valence-electron chi connectivity index (χ2n) is 8.91. The molecule has 1 fully saturated rings. The first-order valence-electron chi connectivity index (χ1n) is 10.5. The Morgan fingerprint density at radius 1 is 1.13 bits per heavy atom. The number of nitrogens with zero attached hydrogens (tertiary/aromatic N) is 4. The van der Waals surface area contributed by atoms with Gasteiger partial charge in [0, 0.05) is 43.0 Å². The fourth-order valence-electron chi connectivity index (χ4n) is 4.17. The van der Waals surface area contributed by atoms with Gasteiger partial charge in [-0.05, 0) is 45.9 Å². The molecule has 3 N–H and O–H groups in total. The van der Waals surface area contributed by atoms with Crippen LogP contribution in [0.4, 0.5) is 17.1 Å². The zero-order valence-electron chi connectivity index (χ0n) is 18.7. The first-order chi connectivity index (χ1) is 14.6. The molecule has 1 saturated heterocycles. The van der Waals surface area contributed by atoms with E-state index in [0.717, 1.165) is 29.7 Å². The Hall–Kier alpha value is -3.13. The lowest BCUT2D eigenvalue weighted by molar-refractivity contribution is -0.00525. The van der Waals surface area contributed by atoms with Gasteiger partial charge in [0.2, 0.25) is 0 Å². The van der Waals surface area contributed by atoms with Gasteiger partial charge in [0.05, 0.1) is 41.3 Å². The number of hydrogen-bond acceptors (Lipinski definition) is 7. The van der Waals surface area contributed by atoms with Gasteiger partial charge in [-0.25, -0.2) is 9.97 Å². The Morgan fingerprint density at radius 3 is 2.42 bits per heavy atom. The molecule has 164 valence electrons. The Labute approximate surface area is 182 Å². The largest absolute Gasteiger partial charge is 0.399 e. The number of nitrogen functional groups attached to an aromatic ring is 1. The minimum Gasteiger partial charge on any atom is -0.399 e. The van der Waals surface area contributed by atoms with E-state index in [9.17, 15) is 4.79 Å². The van der Waals surface area contributed by atoms with Crippen molar-refractivity contribution in [3.8, 4) is 0 Å². The lowest BCUT2D eigenvalue weighted by Gasteiger charge is -2.36. The van der Waals surface area contributed by atoms with Crippen LogP contribution in [0.25, 0.3) is 10.9 Å². The first kappa shape index (κ1) is 21.1. The highest BCUT2D eigenvalue weighted by molar-refractivity contribution is 5.93. The topological polar surface area (TPSA) is 98.3 Å². The molecule has 2 atom stereocenters. The molecule has 0 saturated carbocycles. The molecule has 0 unspecified atom stereocenters. The molecule has 2 aromatic heterocycles. The van der Waals surface area contributed by atoms with Crippen LogP contribution in [0.2, 0.25) is 0 Å². The van der Waals surface area contributed by atoms with Gasteiger partial charge in [0.15, 0.2) is 5.82 Å². The smallest absolute Gasteiger partial charge is 0.252 e. The lowest BCUT2D eigenvalue weighted by Crippen LogP contribution is -2.45. The second-order valence-corrected chi connectivity index (χ2v) is 8.91. The number of nitrogens with two attached hydrogens (primary N) is 1. The van der Waals surface area contributed by atoms with E-state index in [1.54, 1.807) is 23.7 Å².